The van der Waals surface area contributed by atoms with Gasteiger partial charge in [0.25, 0.3) is 0 Å². The Morgan fingerprint density at radius 3 is 2.06 bits per heavy atom. The Morgan fingerprint density at radius 1 is 1.06 bits per heavy atom. The monoisotopic (exact) mass is 240 g/mol. The predicted octanol–water partition coefficient (Wildman–Crippen LogP) is 2.32. The number of nitrogens with two attached hydrogens (primary N) is 1. The smallest absolute Gasteiger partial charge is 0.0768 e. The lowest BCUT2D eigenvalue weighted by Gasteiger charge is -2.39. The van der Waals surface area contributed by atoms with Crippen molar-refractivity contribution in [2.75, 3.05) is 7.11 Å². The number of methoxy groups -OCH3 is 1. The Bertz CT molecular complexity index is 232. The quantitative estimate of drug-likeness (QED) is 0.572. The summed E-state index contributed by atoms with van der Waals surface area (Å²) in [6, 6.07) is 0.345. The first-order chi connectivity index (χ1) is 8.15. The van der Waals surface area contributed by atoms with Gasteiger partial charge in [0.2, 0.25) is 0 Å². The van der Waals surface area contributed by atoms with Crippen LogP contribution in [0.15, 0.2) is 0 Å². The summed E-state index contributed by atoms with van der Waals surface area (Å²) in [5.74, 6) is 8.89. The normalized spacial score (nSPS) is 37.8. The van der Waals surface area contributed by atoms with Gasteiger partial charge in [-0.05, 0) is 55.8 Å². The maximum atomic E-state index is 5.81. The van der Waals surface area contributed by atoms with Gasteiger partial charge < -0.3 is 4.74 Å². The van der Waals surface area contributed by atoms with E-state index >= 15 is 0 Å². The van der Waals surface area contributed by atoms with E-state index in [4.69, 9.17) is 10.6 Å². The number of nitrogens with one attached hydrogen (secondary N) is 1. The molecule has 0 aromatic rings. The van der Waals surface area contributed by atoms with Crippen LogP contribution in [0.1, 0.15) is 46.0 Å². The highest BCUT2D eigenvalue weighted by atomic mass is 16.5. The number of hydrogen-bond donors (Lipinski definition) is 2. The second kappa shape index (κ2) is 5.68. The fourth-order valence-corrected chi connectivity index (χ4v) is 3.86. The average molecular weight is 240 g/mol. The van der Waals surface area contributed by atoms with Gasteiger partial charge in [0.1, 0.15) is 0 Å². The SMILES string of the molecule is COC(C1CC1)C(NN)C1CC(C)CC(C)C1. The summed E-state index contributed by atoms with van der Waals surface area (Å²) in [4.78, 5) is 0. The summed E-state index contributed by atoms with van der Waals surface area (Å²) in [7, 11) is 1.84. The molecule has 2 aliphatic carbocycles. The summed E-state index contributed by atoms with van der Waals surface area (Å²) in [5, 5.41) is 0. The van der Waals surface area contributed by atoms with Crippen molar-refractivity contribution in [3.63, 3.8) is 0 Å². The highest BCUT2D eigenvalue weighted by Crippen LogP contribution is 2.41. The van der Waals surface area contributed by atoms with E-state index < -0.39 is 0 Å². The van der Waals surface area contributed by atoms with Gasteiger partial charge >= 0.3 is 0 Å². The second-order valence-corrected chi connectivity index (χ2v) is 6.41. The van der Waals surface area contributed by atoms with E-state index in [1.165, 1.54) is 32.1 Å². The maximum Gasteiger partial charge on any atom is 0.0768 e. The molecule has 0 bridgehead atoms. The van der Waals surface area contributed by atoms with Crippen LogP contribution in [0.3, 0.4) is 0 Å². The predicted molar refractivity (Wildman–Crippen MR) is 70.3 cm³/mol. The molecule has 3 nitrogen and oxygen atoms in total. The zero-order valence-corrected chi connectivity index (χ0v) is 11.5. The molecular weight excluding hydrogens is 212 g/mol. The van der Waals surface area contributed by atoms with Crippen LogP contribution in [-0.4, -0.2) is 19.3 Å². The number of ether oxygens (including phenoxy) is 1. The van der Waals surface area contributed by atoms with E-state index in [0.717, 1.165) is 17.8 Å². The molecule has 2 aliphatic rings. The average Bonchev–Trinajstić information content (AvgIpc) is 3.08. The molecule has 2 rings (SSSR count). The van der Waals surface area contributed by atoms with Crippen LogP contribution in [0.2, 0.25) is 0 Å². The molecule has 0 heterocycles. The van der Waals surface area contributed by atoms with E-state index in [9.17, 15) is 0 Å². The lowest BCUT2D eigenvalue weighted by molar-refractivity contribution is 0.0145. The van der Waals surface area contributed by atoms with Crippen LogP contribution < -0.4 is 11.3 Å². The minimum atomic E-state index is 0.322. The van der Waals surface area contributed by atoms with E-state index in [0.29, 0.717) is 18.1 Å². The first-order valence-electron chi connectivity index (χ1n) is 7.14. The van der Waals surface area contributed by atoms with E-state index in [2.05, 4.69) is 19.3 Å². The molecule has 17 heavy (non-hydrogen) atoms. The highest BCUT2D eigenvalue weighted by Gasteiger charge is 2.41. The topological polar surface area (TPSA) is 47.3 Å². The lowest BCUT2D eigenvalue weighted by Crippen LogP contribution is -2.52. The van der Waals surface area contributed by atoms with Crippen molar-refractivity contribution in [2.24, 2.45) is 29.5 Å². The molecule has 2 saturated carbocycles. The third-order valence-corrected chi connectivity index (χ3v) is 4.63. The number of rotatable bonds is 5. The third kappa shape index (κ3) is 3.21. The summed E-state index contributed by atoms with van der Waals surface area (Å²) >= 11 is 0. The Kier molecular flexibility index (Phi) is 4.45. The molecule has 0 aliphatic heterocycles. The van der Waals surface area contributed by atoms with Crippen LogP contribution in [0.4, 0.5) is 0 Å². The Hall–Kier alpha value is -0.120. The Balaban J connectivity index is 2.00. The number of hydrazine groups is 1. The summed E-state index contributed by atoms with van der Waals surface area (Å²) in [6.45, 7) is 4.74. The largest absolute Gasteiger partial charge is 0.379 e. The molecule has 100 valence electrons. The van der Waals surface area contributed by atoms with Crippen LogP contribution in [0, 0.1) is 23.7 Å². The summed E-state index contributed by atoms with van der Waals surface area (Å²) in [5.41, 5.74) is 3.06. The lowest BCUT2D eigenvalue weighted by atomic mass is 9.72. The van der Waals surface area contributed by atoms with Crippen LogP contribution in [0.25, 0.3) is 0 Å². The van der Waals surface area contributed by atoms with Gasteiger partial charge in [0.05, 0.1) is 12.1 Å². The van der Waals surface area contributed by atoms with Gasteiger partial charge in [-0.2, -0.15) is 0 Å². The molecule has 4 atom stereocenters. The van der Waals surface area contributed by atoms with Crippen molar-refractivity contribution in [1.82, 2.24) is 5.43 Å². The Labute approximate surface area is 105 Å². The van der Waals surface area contributed by atoms with Crippen molar-refractivity contribution < 1.29 is 4.74 Å². The van der Waals surface area contributed by atoms with Gasteiger partial charge in [-0.3, -0.25) is 11.3 Å². The zero-order valence-electron chi connectivity index (χ0n) is 11.5. The van der Waals surface area contributed by atoms with Gasteiger partial charge in [-0.15, -0.1) is 0 Å². The van der Waals surface area contributed by atoms with Crippen molar-refractivity contribution in [3.05, 3.63) is 0 Å². The van der Waals surface area contributed by atoms with Gasteiger partial charge in [0.15, 0.2) is 0 Å². The van der Waals surface area contributed by atoms with Crippen molar-refractivity contribution in [3.8, 4) is 0 Å². The summed E-state index contributed by atoms with van der Waals surface area (Å²) < 4.78 is 5.71. The molecule has 0 spiro atoms. The molecule has 0 radical (unpaired) electrons. The fourth-order valence-electron chi connectivity index (χ4n) is 3.86. The number of hydrogen-bond acceptors (Lipinski definition) is 3. The molecule has 3 N–H and O–H groups in total. The van der Waals surface area contributed by atoms with Crippen LogP contribution in [-0.2, 0) is 4.74 Å². The van der Waals surface area contributed by atoms with Crippen molar-refractivity contribution >= 4 is 0 Å². The van der Waals surface area contributed by atoms with Gasteiger partial charge in [0, 0.05) is 7.11 Å². The van der Waals surface area contributed by atoms with Gasteiger partial charge in [-0.1, -0.05) is 13.8 Å². The maximum absolute atomic E-state index is 5.81. The van der Waals surface area contributed by atoms with E-state index in [-0.39, 0.29) is 0 Å². The van der Waals surface area contributed by atoms with E-state index in [1.54, 1.807) is 0 Å². The minimum absolute atomic E-state index is 0.322. The molecule has 0 aromatic carbocycles. The first-order valence-corrected chi connectivity index (χ1v) is 7.14. The molecular formula is C14H28N2O. The Morgan fingerprint density at radius 2 is 1.65 bits per heavy atom. The van der Waals surface area contributed by atoms with Crippen LogP contribution >= 0.6 is 0 Å². The standard InChI is InChI=1S/C14H28N2O/c1-9-6-10(2)8-12(7-9)13(16-15)14(17-3)11-4-5-11/h9-14,16H,4-8,15H2,1-3H3. The minimum Gasteiger partial charge on any atom is -0.379 e. The van der Waals surface area contributed by atoms with Gasteiger partial charge in [-0.25, -0.2) is 0 Å². The third-order valence-electron chi connectivity index (χ3n) is 4.63. The van der Waals surface area contributed by atoms with Crippen molar-refractivity contribution in [1.29, 1.82) is 0 Å². The molecule has 3 heteroatoms. The fraction of sp³-hybridized carbons (Fsp3) is 1.00. The summed E-state index contributed by atoms with van der Waals surface area (Å²) in [6.07, 6.45) is 6.91. The zero-order chi connectivity index (χ0) is 12.4. The molecule has 2 fully saturated rings. The highest BCUT2D eigenvalue weighted by molar-refractivity contribution is 4.94. The molecule has 0 aromatic heterocycles. The van der Waals surface area contributed by atoms with E-state index in [1.807, 2.05) is 7.11 Å². The van der Waals surface area contributed by atoms with Crippen molar-refractivity contribution in [2.45, 2.75) is 58.1 Å². The first kappa shape index (κ1) is 13.3. The molecule has 4 unspecified atom stereocenters. The molecule has 0 amide bonds. The van der Waals surface area contributed by atoms with Crippen LogP contribution in [0.5, 0.6) is 0 Å². The second-order valence-electron chi connectivity index (χ2n) is 6.41. The molecule has 0 saturated heterocycles.